The van der Waals surface area contributed by atoms with Crippen molar-refractivity contribution in [2.75, 3.05) is 18.0 Å². The highest BCUT2D eigenvalue weighted by Gasteiger charge is 2.33. The monoisotopic (exact) mass is 454 g/mol. The topological polar surface area (TPSA) is 59.2 Å². The molecule has 3 aromatic rings. The lowest BCUT2D eigenvalue weighted by atomic mass is 9.98. The molecular weight excluding hydrogens is 426 g/mol. The molecule has 9 heteroatoms. The van der Waals surface area contributed by atoms with E-state index in [0.717, 1.165) is 41.2 Å². The minimum atomic E-state index is -2.61. The summed E-state index contributed by atoms with van der Waals surface area (Å²) < 4.78 is 31.9. The lowest BCUT2D eigenvalue weighted by molar-refractivity contribution is -0.129. The number of halogens is 2. The van der Waals surface area contributed by atoms with Gasteiger partial charge in [0.05, 0.1) is 12.7 Å². The Hall–Kier alpha value is -3.23. The van der Waals surface area contributed by atoms with Crippen LogP contribution in [0.4, 0.5) is 20.3 Å². The van der Waals surface area contributed by atoms with E-state index in [4.69, 9.17) is 5.10 Å². The molecule has 2 aliphatic rings. The number of carbonyl (C=O) groups is 1. The molecule has 0 bridgehead atoms. The van der Waals surface area contributed by atoms with Gasteiger partial charge in [0, 0.05) is 73.8 Å². The van der Waals surface area contributed by atoms with Crippen LogP contribution in [0.3, 0.4) is 0 Å². The van der Waals surface area contributed by atoms with Gasteiger partial charge >= 0.3 is 0 Å². The fourth-order valence-corrected chi connectivity index (χ4v) is 5.01. The molecule has 0 fully saturated rings. The predicted molar refractivity (Wildman–Crippen MR) is 122 cm³/mol. The summed E-state index contributed by atoms with van der Waals surface area (Å²) in [7, 11) is 1.78. The molecule has 1 aromatic carbocycles. The third-order valence-corrected chi connectivity index (χ3v) is 6.65. The molecule has 7 nitrogen and oxygen atoms in total. The van der Waals surface area contributed by atoms with Gasteiger partial charge in [-0.3, -0.25) is 14.2 Å². The summed E-state index contributed by atoms with van der Waals surface area (Å²) >= 11 is 0. The SMILES string of the molecule is CC(=O)N1CCc2c(c(N3CCc4cc(-c5cnn(C)c5)c(C(F)F)cc43)nn2C(C)C)C1. The van der Waals surface area contributed by atoms with Crippen LogP contribution >= 0.6 is 0 Å². The van der Waals surface area contributed by atoms with Crippen LogP contribution in [0, 0.1) is 0 Å². The number of alkyl halides is 2. The molecule has 0 atom stereocenters. The van der Waals surface area contributed by atoms with Crippen LogP contribution in [-0.2, 0) is 31.2 Å². The fourth-order valence-electron chi connectivity index (χ4n) is 5.01. The van der Waals surface area contributed by atoms with E-state index in [9.17, 15) is 13.6 Å². The summed E-state index contributed by atoms with van der Waals surface area (Å²) in [5, 5.41) is 9.08. The summed E-state index contributed by atoms with van der Waals surface area (Å²) in [5.41, 5.74) is 5.15. The minimum Gasteiger partial charge on any atom is -0.338 e. The first-order chi connectivity index (χ1) is 15.7. The molecular formula is C24H28F2N6O. The highest BCUT2D eigenvalue weighted by molar-refractivity contribution is 5.79. The van der Waals surface area contributed by atoms with Gasteiger partial charge in [-0.1, -0.05) is 0 Å². The van der Waals surface area contributed by atoms with Gasteiger partial charge in [-0.25, -0.2) is 8.78 Å². The summed E-state index contributed by atoms with van der Waals surface area (Å²) in [4.78, 5) is 15.9. The number of rotatable bonds is 4. The second-order valence-corrected chi connectivity index (χ2v) is 9.15. The molecule has 0 spiro atoms. The molecule has 0 saturated heterocycles. The molecule has 0 aliphatic carbocycles. The van der Waals surface area contributed by atoms with E-state index in [2.05, 4.69) is 23.8 Å². The van der Waals surface area contributed by atoms with Crippen molar-refractivity contribution < 1.29 is 13.6 Å². The molecule has 174 valence electrons. The largest absolute Gasteiger partial charge is 0.338 e. The van der Waals surface area contributed by atoms with Crippen molar-refractivity contribution in [3.05, 3.63) is 46.9 Å². The summed E-state index contributed by atoms with van der Waals surface area (Å²) in [6, 6.07) is 3.66. The number of carbonyl (C=O) groups excluding carboxylic acids is 1. The van der Waals surface area contributed by atoms with E-state index in [-0.39, 0.29) is 17.5 Å². The van der Waals surface area contributed by atoms with Gasteiger partial charge in [0.1, 0.15) is 0 Å². The molecule has 0 saturated carbocycles. The van der Waals surface area contributed by atoms with Crippen molar-refractivity contribution in [3.8, 4) is 11.1 Å². The van der Waals surface area contributed by atoms with Crippen molar-refractivity contribution in [2.45, 2.75) is 52.6 Å². The van der Waals surface area contributed by atoms with Gasteiger partial charge in [-0.05, 0) is 43.5 Å². The first-order valence-corrected chi connectivity index (χ1v) is 11.3. The zero-order valence-electron chi connectivity index (χ0n) is 19.3. The Balaban J connectivity index is 1.62. The smallest absolute Gasteiger partial charge is 0.264 e. The number of aryl methyl sites for hydroxylation is 1. The van der Waals surface area contributed by atoms with E-state index in [0.29, 0.717) is 30.8 Å². The lowest BCUT2D eigenvalue weighted by Gasteiger charge is -2.28. The molecule has 33 heavy (non-hydrogen) atoms. The number of hydrogen-bond donors (Lipinski definition) is 0. The van der Waals surface area contributed by atoms with E-state index in [1.807, 2.05) is 15.6 Å². The predicted octanol–water partition coefficient (Wildman–Crippen LogP) is 4.40. The van der Waals surface area contributed by atoms with E-state index >= 15 is 0 Å². The summed E-state index contributed by atoms with van der Waals surface area (Å²) in [6.07, 6.45) is 2.26. The molecule has 4 heterocycles. The minimum absolute atomic E-state index is 0.00354. The molecule has 2 aliphatic heterocycles. The zero-order chi connectivity index (χ0) is 23.4. The Morgan fingerprint density at radius 3 is 2.58 bits per heavy atom. The van der Waals surface area contributed by atoms with Gasteiger partial charge in [0.25, 0.3) is 6.43 Å². The number of nitrogens with zero attached hydrogens (tertiary/aromatic N) is 6. The standard InChI is InChI=1S/C24H28F2N6O/c1-14(2)32-21-6-7-30(15(3)33)13-20(21)24(28-32)31-8-5-16-9-18(17-11-27-29(4)12-17)19(23(25)26)10-22(16)31/h9-12,14,23H,5-8,13H2,1-4H3. The number of hydrogen-bond acceptors (Lipinski definition) is 4. The van der Waals surface area contributed by atoms with Crippen LogP contribution in [0.2, 0.25) is 0 Å². The van der Waals surface area contributed by atoms with Crippen molar-refractivity contribution >= 4 is 17.4 Å². The van der Waals surface area contributed by atoms with Crippen LogP contribution in [0.5, 0.6) is 0 Å². The first-order valence-electron chi connectivity index (χ1n) is 11.3. The van der Waals surface area contributed by atoms with Gasteiger partial charge < -0.3 is 9.80 Å². The van der Waals surface area contributed by atoms with Crippen molar-refractivity contribution in [3.63, 3.8) is 0 Å². The second kappa shape index (κ2) is 7.97. The maximum absolute atomic E-state index is 14.1. The number of anilines is 2. The Kier molecular flexibility index (Phi) is 5.22. The number of aromatic nitrogens is 4. The Bertz CT molecular complexity index is 1230. The molecule has 0 radical (unpaired) electrons. The average molecular weight is 455 g/mol. The highest BCUT2D eigenvalue weighted by Crippen LogP contribution is 2.43. The first kappa shape index (κ1) is 21.6. The maximum Gasteiger partial charge on any atom is 0.264 e. The van der Waals surface area contributed by atoms with Crippen molar-refractivity contribution in [1.82, 2.24) is 24.5 Å². The van der Waals surface area contributed by atoms with Crippen molar-refractivity contribution in [1.29, 1.82) is 0 Å². The maximum atomic E-state index is 14.1. The average Bonchev–Trinajstić information content (AvgIpc) is 3.48. The summed E-state index contributed by atoms with van der Waals surface area (Å²) in [6.45, 7) is 7.57. The van der Waals surface area contributed by atoms with E-state index < -0.39 is 6.43 Å². The Labute approximate surface area is 191 Å². The second-order valence-electron chi connectivity index (χ2n) is 9.15. The van der Waals surface area contributed by atoms with E-state index in [1.165, 1.54) is 0 Å². The molecule has 2 aromatic heterocycles. The zero-order valence-corrected chi connectivity index (χ0v) is 19.3. The normalized spacial score (nSPS) is 15.5. The van der Waals surface area contributed by atoms with Crippen LogP contribution in [0.25, 0.3) is 11.1 Å². The third kappa shape index (κ3) is 3.59. The van der Waals surface area contributed by atoms with E-state index in [1.54, 1.807) is 37.1 Å². The number of benzene rings is 1. The van der Waals surface area contributed by atoms with Crippen LogP contribution in [0.15, 0.2) is 24.5 Å². The van der Waals surface area contributed by atoms with Crippen LogP contribution in [-0.4, -0.2) is 43.5 Å². The summed E-state index contributed by atoms with van der Waals surface area (Å²) in [5.74, 6) is 0.810. The highest BCUT2D eigenvalue weighted by atomic mass is 19.3. The van der Waals surface area contributed by atoms with Crippen LogP contribution < -0.4 is 4.90 Å². The Morgan fingerprint density at radius 1 is 1.15 bits per heavy atom. The third-order valence-electron chi connectivity index (χ3n) is 6.65. The number of amides is 1. The fraction of sp³-hybridized carbons (Fsp3) is 0.458. The van der Waals surface area contributed by atoms with Gasteiger partial charge in [-0.2, -0.15) is 10.2 Å². The van der Waals surface area contributed by atoms with Crippen molar-refractivity contribution in [2.24, 2.45) is 7.05 Å². The quantitative estimate of drug-likeness (QED) is 0.586. The molecule has 5 rings (SSSR count). The number of fused-ring (bicyclic) bond motifs is 2. The van der Waals surface area contributed by atoms with Gasteiger partial charge in [-0.15, -0.1) is 0 Å². The lowest BCUT2D eigenvalue weighted by Crippen LogP contribution is -2.35. The van der Waals surface area contributed by atoms with Gasteiger partial charge in [0.2, 0.25) is 5.91 Å². The molecule has 1 amide bonds. The van der Waals surface area contributed by atoms with Gasteiger partial charge in [0.15, 0.2) is 5.82 Å². The molecule has 0 unspecified atom stereocenters. The van der Waals surface area contributed by atoms with Crippen LogP contribution in [0.1, 0.15) is 55.6 Å². The molecule has 0 N–H and O–H groups in total. The Morgan fingerprint density at radius 2 is 1.94 bits per heavy atom.